The number of urea groups is 1. The van der Waals surface area contributed by atoms with Gasteiger partial charge in [0.2, 0.25) is 0 Å². The number of likely N-dealkylation sites (tertiary alicyclic amines) is 1. The lowest BCUT2D eigenvalue weighted by molar-refractivity contribution is 0.166. The zero-order chi connectivity index (χ0) is 17.1. The van der Waals surface area contributed by atoms with Gasteiger partial charge in [0, 0.05) is 24.7 Å². The van der Waals surface area contributed by atoms with E-state index in [0.29, 0.717) is 13.1 Å². The molecular formula is C16H19F2N5O. The Labute approximate surface area is 138 Å². The zero-order valence-corrected chi connectivity index (χ0v) is 13.3. The summed E-state index contributed by atoms with van der Waals surface area (Å²) in [5, 5.41) is 6.89. The van der Waals surface area contributed by atoms with E-state index in [4.69, 9.17) is 0 Å². The second-order valence-electron chi connectivity index (χ2n) is 5.93. The molecule has 0 radical (unpaired) electrons. The normalized spacial score (nSPS) is 16.9. The molecule has 8 heteroatoms. The van der Waals surface area contributed by atoms with Crippen molar-refractivity contribution in [3.63, 3.8) is 0 Å². The Morgan fingerprint density at radius 2 is 2.08 bits per heavy atom. The molecule has 1 aromatic carbocycles. The highest BCUT2D eigenvalue weighted by molar-refractivity contribution is 5.74. The van der Waals surface area contributed by atoms with Gasteiger partial charge in [-0.25, -0.2) is 23.2 Å². The van der Waals surface area contributed by atoms with Crippen molar-refractivity contribution in [1.82, 2.24) is 25.0 Å². The molecule has 0 bridgehead atoms. The van der Waals surface area contributed by atoms with Gasteiger partial charge in [-0.15, -0.1) is 0 Å². The summed E-state index contributed by atoms with van der Waals surface area (Å²) in [6.45, 7) is 2.86. The molecule has 0 saturated carbocycles. The maximum atomic E-state index is 13.8. The van der Waals surface area contributed by atoms with Crippen LogP contribution in [0, 0.1) is 11.6 Å². The zero-order valence-electron chi connectivity index (χ0n) is 13.3. The summed E-state index contributed by atoms with van der Waals surface area (Å²) >= 11 is 0. The molecule has 1 atom stereocenters. The van der Waals surface area contributed by atoms with Gasteiger partial charge < -0.3 is 10.2 Å². The predicted molar refractivity (Wildman–Crippen MR) is 83.2 cm³/mol. The number of nitrogens with zero attached hydrogens (tertiary/aromatic N) is 4. The number of rotatable bonds is 3. The fraction of sp³-hybridized carbons (Fsp3) is 0.438. The lowest BCUT2D eigenvalue weighted by Crippen LogP contribution is -2.45. The number of halogens is 2. The van der Waals surface area contributed by atoms with Crippen molar-refractivity contribution >= 4 is 6.03 Å². The number of hydrogen-bond acceptors (Lipinski definition) is 3. The summed E-state index contributed by atoms with van der Waals surface area (Å²) in [4.78, 5) is 18.0. The molecule has 6 nitrogen and oxygen atoms in total. The van der Waals surface area contributed by atoms with Crippen LogP contribution in [-0.4, -0.2) is 38.8 Å². The number of carbonyl (C=O) groups excluding carboxylic acids is 1. The van der Waals surface area contributed by atoms with Gasteiger partial charge in [-0.3, -0.25) is 0 Å². The number of amides is 2. The minimum atomic E-state index is -0.660. The predicted octanol–water partition coefficient (Wildman–Crippen LogP) is 2.66. The van der Waals surface area contributed by atoms with E-state index in [1.807, 2.05) is 4.68 Å². The molecule has 24 heavy (non-hydrogen) atoms. The minimum absolute atomic E-state index is 0.239. The number of hydrogen-bond donors (Lipinski definition) is 1. The molecule has 1 fully saturated rings. The first kappa shape index (κ1) is 16.4. The molecule has 1 aliphatic rings. The van der Waals surface area contributed by atoms with Crippen LogP contribution in [0.2, 0.25) is 0 Å². The van der Waals surface area contributed by atoms with Crippen molar-refractivity contribution < 1.29 is 13.6 Å². The van der Waals surface area contributed by atoms with E-state index in [1.165, 1.54) is 18.5 Å². The van der Waals surface area contributed by atoms with Crippen molar-refractivity contribution in [3.8, 4) is 0 Å². The van der Waals surface area contributed by atoms with E-state index in [1.54, 1.807) is 18.2 Å². The third kappa shape index (κ3) is 3.52. The number of piperidine rings is 1. The molecule has 2 heterocycles. The van der Waals surface area contributed by atoms with Gasteiger partial charge in [0.15, 0.2) is 0 Å². The van der Waals surface area contributed by atoms with Gasteiger partial charge in [-0.05, 0) is 25.8 Å². The molecular weight excluding hydrogens is 316 g/mol. The van der Waals surface area contributed by atoms with Crippen LogP contribution in [-0.2, 0) is 0 Å². The van der Waals surface area contributed by atoms with Gasteiger partial charge >= 0.3 is 6.03 Å². The summed E-state index contributed by atoms with van der Waals surface area (Å²) in [7, 11) is 0. The average molecular weight is 335 g/mol. The number of carbonyl (C=O) groups is 1. The first-order chi connectivity index (χ1) is 11.5. The lowest BCUT2D eigenvalue weighted by Gasteiger charge is -2.32. The SMILES string of the molecule is C[C@H](NC(=O)N1CCC(n2cncn2)CC1)c1ccc(F)cc1F. The van der Waals surface area contributed by atoms with Crippen molar-refractivity contribution in [2.24, 2.45) is 0 Å². The number of aromatic nitrogens is 3. The quantitative estimate of drug-likeness (QED) is 0.938. The second kappa shape index (κ2) is 6.94. The summed E-state index contributed by atoms with van der Waals surface area (Å²) in [6.07, 6.45) is 4.75. The van der Waals surface area contributed by atoms with Gasteiger partial charge in [0.25, 0.3) is 0 Å². The lowest BCUT2D eigenvalue weighted by atomic mass is 10.1. The van der Waals surface area contributed by atoms with Crippen LogP contribution in [0.5, 0.6) is 0 Å². The third-order valence-corrected chi connectivity index (χ3v) is 4.33. The molecule has 0 aliphatic carbocycles. The van der Waals surface area contributed by atoms with Crippen LogP contribution >= 0.6 is 0 Å². The van der Waals surface area contributed by atoms with E-state index >= 15 is 0 Å². The number of benzene rings is 1. The minimum Gasteiger partial charge on any atom is -0.331 e. The van der Waals surface area contributed by atoms with Gasteiger partial charge in [0.1, 0.15) is 24.3 Å². The van der Waals surface area contributed by atoms with Crippen LogP contribution < -0.4 is 5.32 Å². The van der Waals surface area contributed by atoms with E-state index in [2.05, 4.69) is 15.4 Å². The van der Waals surface area contributed by atoms with E-state index in [9.17, 15) is 13.6 Å². The maximum Gasteiger partial charge on any atom is 0.317 e. The Bertz CT molecular complexity index is 698. The Morgan fingerprint density at radius 1 is 1.33 bits per heavy atom. The fourth-order valence-corrected chi connectivity index (χ4v) is 2.95. The average Bonchev–Trinajstić information content (AvgIpc) is 3.09. The van der Waals surface area contributed by atoms with Gasteiger partial charge in [0.05, 0.1) is 12.1 Å². The molecule has 2 amide bonds. The van der Waals surface area contributed by atoms with Crippen LogP contribution in [0.1, 0.15) is 37.4 Å². The van der Waals surface area contributed by atoms with Gasteiger partial charge in [-0.1, -0.05) is 6.07 Å². The summed E-state index contributed by atoms with van der Waals surface area (Å²) in [6, 6.07) is 2.82. The number of nitrogens with one attached hydrogen (secondary N) is 1. The van der Waals surface area contributed by atoms with Crippen molar-refractivity contribution in [2.75, 3.05) is 13.1 Å². The van der Waals surface area contributed by atoms with Crippen LogP contribution in [0.4, 0.5) is 13.6 Å². The summed E-state index contributed by atoms with van der Waals surface area (Å²) < 4.78 is 28.6. The van der Waals surface area contributed by atoms with Crippen molar-refractivity contribution in [2.45, 2.75) is 31.8 Å². The van der Waals surface area contributed by atoms with Crippen molar-refractivity contribution in [3.05, 3.63) is 48.1 Å². The van der Waals surface area contributed by atoms with E-state index < -0.39 is 17.7 Å². The van der Waals surface area contributed by atoms with Crippen LogP contribution in [0.25, 0.3) is 0 Å². The Balaban J connectivity index is 1.55. The summed E-state index contributed by atoms with van der Waals surface area (Å²) in [5.41, 5.74) is 0.266. The third-order valence-electron chi connectivity index (χ3n) is 4.33. The molecule has 1 aromatic heterocycles. The van der Waals surface area contributed by atoms with Gasteiger partial charge in [-0.2, -0.15) is 5.10 Å². The van der Waals surface area contributed by atoms with E-state index in [0.717, 1.165) is 18.9 Å². The molecule has 128 valence electrons. The first-order valence-corrected chi connectivity index (χ1v) is 7.89. The molecule has 2 aromatic rings. The van der Waals surface area contributed by atoms with E-state index in [-0.39, 0.29) is 17.6 Å². The Hall–Kier alpha value is -2.51. The molecule has 1 N–H and O–H groups in total. The summed E-state index contributed by atoms with van der Waals surface area (Å²) in [5.74, 6) is -1.29. The molecule has 0 spiro atoms. The topological polar surface area (TPSA) is 63.1 Å². The largest absolute Gasteiger partial charge is 0.331 e. The van der Waals surface area contributed by atoms with Crippen molar-refractivity contribution in [1.29, 1.82) is 0 Å². The Kier molecular flexibility index (Phi) is 4.73. The monoisotopic (exact) mass is 335 g/mol. The molecule has 1 saturated heterocycles. The highest BCUT2D eigenvalue weighted by atomic mass is 19.1. The fourth-order valence-electron chi connectivity index (χ4n) is 2.95. The van der Waals surface area contributed by atoms with Crippen LogP contribution in [0.15, 0.2) is 30.9 Å². The standard InChI is InChI=1S/C16H19F2N5O/c1-11(14-3-2-12(17)8-15(14)18)21-16(24)22-6-4-13(5-7-22)23-10-19-9-20-23/h2-3,8-11,13H,4-7H2,1H3,(H,21,24)/t11-/m0/s1. The highest BCUT2D eigenvalue weighted by Gasteiger charge is 2.25. The van der Waals surface area contributed by atoms with Crippen LogP contribution in [0.3, 0.4) is 0 Å². The molecule has 1 aliphatic heterocycles. The first-order valence-electron chi connectivity index (χ1n) is 7.89. The molecule has 0 unspecified atom stereocenters. The Morgan fingerprint density at radius 3 is 2.71 bits per heavy atom. The highest BCUT2D eigenvalue weighted by Crippen LogP contribution is 2.22. The second-order valence-corrected chi connectivity index (χ2v) is 5.93. The smallest absolute Gasteiger partial charge is 0.317 e. The maximum absolute atomic E-state index is 13.8. The molecule has 3 rings (SSSR count).